The molecule has 7 nitrogen and oxygen atoms in total. The number of carbonyl (C=O) groups is 1. The average molecular weight is 348 g/mol. The molecule has 1 saturated heterocycles. The summed E-state index contributed by atoms with van der Waals surface area (Å²) in [5.41, 5.74) is 0.810. The summed E-state index contributed by atoms with van der Waals surface area (Å²) < 4.78 is 11.7. The molecule has 1 saturated carbocycles. The Hall–Kier alpha value is -1.73. The minimum Gasteiger partial charge on any atom is -0.368 e. The molecule has 138 valence electrons. The van der Waals surface area contributed by atoms with Gasteiger partial charge in [0.15, 0.2) is 0 Å². The lowest BCUT2D eigenvalue weighted by atomic mass is 9.98. The van der Waals surface area contributed by atoms with Crippen LogP contribution >= 0.6 is 0 Å². The lowest BCUT2D eigenvalue weighted by molar-refractivity contribution is -0.146. The molecule has 3 rings (SSSR count). The SMILES string of the molecule is CN(C)c1nccc(C2CN(C(=O)COC3CCCCC3)CCO2)n1. The Labute approximate surface area is 149 Å². The van der Waals surface area contributed by atoms with Gasteiger partial charge in [0.2, 0.25) is 11.9 Å². The van der Waals surface area contributed by atoms with Gasteiger partial charge in [-0.05, 0) is 18.9 Å². The summed E-state index contributed by atoms with van der Waals surface area (Å²) in [6.45, 7) is 1.80. The molecule has 1 aliphatic carbocycles. The third kappa shape index (κ3) is 4.89. The zero-order chi connectivity index (χ0) is 17.6. The van der Waals surface area contributed by atoms with E-state index in [1.807, 2.05) is 30.0 Å². The molecule has 1 aromatic rings. The number of amides is 1. The van der Waals surface area contributed by atoms with E-state index in [4.69, 9.17) is 9.47 Å². The van der Waals surface area contributed by atoms with Crippen molar-refractivity contribution in [2.75, 3.05) is 45.3 Å². The number of anilines is 1. The van der Waals surface area contributed by atoms with Gasteiger partial charge < -0.3 is 19.3 Å². The number of morpholine rings is 1. The molecule has 0 bridgehead atoms. The van der Waals surface area contributed by atoms with Crippen LogP contribution in [0.2, 0.25) is 0 Å². The molecular formula is C18H28N4O3. The van der Waals surface area contributed by atoms with E-state index in [0.717, 1.165) is 18.5 Å². The highest BCUT2D eigenvalue weighted by Gasteiger charge is 2.27. The number of aromatic nitrogens is 2. The predicted octanol–water partition coefficient (Wildman–Crippen LogP) is 1.79. The van der Waals surface area contributed by atoms with E-state index < -0.39 is 0 Å². The van der Waals surface area contributed by atoms with Gasteiger partial charge in [0.1, 0.15) is 12.7 Å². The highest BCUT2D eigenvalue weighted by molar-refractivity contribution is 5.77. The first-order valence-electron chi connectivity index (χ1n) is 9.14. The van der Waals surface area contributed by atoms with Crippen LogP contribution in [0.15, 0.2) is 12.3 Å². The van der Waals surface area contributed by atoms with E-state index in [1.165, 1.54) is 19.3 Å². The summed E-state index contributed by atoms with van der Waals surface area (Å²) in [4.78, 5) is 24.9. The number of hydrogen-bond acceptors (Lipinski definition) is 6. The third-order valence-electron chi connectivity index (χ3n) is 4.81. The minimum atomic E-state index is -0.214. The second-order valence-electron chi connectivity index (χ2n) is 6.95. The van der Waals surface area contributed by atoms with Crippen molar-refractivity contribution in [2.45, 2.75) is 44.3 Å². The van der Waals surface area contributed by atoms with Gasteiger partial charge in [0.25, 0.3) is 0 Å². The Balaban J connectivity index is 1.55. The quantitative estimate of drug-likeness (QED) is 0.808. The number of nitrogens with zero attached hydrogens (tertiary/aromatic N) is 4. The van der Waals surface area contributed by atoms with Crippen LogP contribution in [0.5, 0.6) is 0 Å². The molecule has 1 aliphatic heterocycles. The van der Waals surface area contributed by atoms with Crippen molar-refractivity contribution in [3.05, 3.63) is 18.0 Å². The molecule has 7 heteroatoms. The molecule has 1 amide bonds. The number of rotatable bonds is 5. The van der Waals surface area contributed by atoms with E-state index >= 15 is 0 Å². The van der Waals surface area contributed by atoms with E-state index in [1.54, 1.807) is 6.20 Å². The van der Waals surface area contributed by atoms with Gasteiger partial charge in [0, 0.05) is 26.8 Å². The fourth-order valence-corrected chi connectivity index (χ4v) is 3.32. The second-order valence-corrected chi connectivity index (χ2v) is 6.95. The van der Waals surface area contributed by atoms with Crippen LogP contribution in [-0.4, -0.2) is 67.3 Å². The van der Waals surface area contributed by atoms with E-state index in [0.29, 0.717) is 25.6 Å². The van der Waals surface area contributed by atoms with Gasteiger partial charge in [0.05, 0.1) is 24.9 Å². The van der Waals surface area contributed by atoms with Crippen LogP contribution in [-0.2, 0) is 14.3 Å². The Morgan fingerprint density at radius 3 is 2.92 bits per heavy atom. The van der Waals surface area contributed by atoms with Crippen molar-refractivity contribution in [1.82, 2.24) is 14.9 Å². The summed E-state index contributed by atoms with van der Waals surface area (Å²) >= 11 is 0. The van der Waals surface area contributed by atoms with Gasteiger partial charge in [-0.1, -0.05) is 19.3 Å². The maximum Gasteiger partial charge on any atom is 0.248 e. The summed E-state index contributed by atoms with van der Waals surface area (Å²) in [7, 11) is 3.80. The largest absolute Gasteiger partial charge is 0.368 e. The Bertz CT molecular complexity index is 575. The van der Waals surface area contributed by atoms with Gasteiger partial charge >= 0.3 is 0 Å². The minimum absolute atomic E-state index is 0.0424. The molecule has 0 aromatic carbocycles. The molecule has 0 spiro atoms. The first kappa shape index (κ1) is 18.1. The van der Waals surface area contributed by atoms with Crippen molar-refractivity contribution in [3.8, 4) is 0 Å². The third-order valence-corrected chi connectivity index (χ3v) is 4.81. The smallest absolute Gasteiger partial charge is 0.248 e. The summed E-state index contributed by atoms with van der Waals surface area (Å²) in [6.07, 6.45) is 7.62. The highest BCUT2D eigenvalue weighted by Crippen LogP contribution is 2.23. The zero-order valence-corrected chi connectivity index (χ0v) is 15.2. The lowest BCUT2D eigenvalue weighted by Crippen LogP contribution is -2.44. The van der Waals surface area contributed by atoms with Crippen LogP contribution in [0.1, 0.15) is 43.9 Å². The van der Waals surface area contributed by atoms with Crippen molar-refractivity contribution < 1.29 is 14.3 Å². The predicted molar refractivity (Wildman–Crippen MR) is 94.5 cm³/mol. The Morgan fingerprint density at radius 2 is 2.16 bits per heavy atom. The van der Waals surface area contributed by atoms with Gasteiger partial charge in [-0.2, -0.15) is 0 Å². The van der Waals surface area contributed by atoms with Crippen LogP contribution in [0, 0.1) is 0 Å². The number of ether oxygens (including phenoxy) is 2. The van der Waals surface area contributed by atoms with Crippen molar-refractivity contribution in [2.24, 2.45) is 0 Å². The average Bonchev–Trinajstić information content (AvgIpc) is 2.67. The second kappa shape index (κ2) is 8.58. The van der Waals surface area contributed by atoms with Gasteiger partial charge in [-0.3, -0.25) is 4.79 Å². The van der Waals surface area contributed by atoms with Gasteiger partial charge in [-0.25, -0.2) is 9.97 Å². The fraction of sp³-hybridized carbons (Fsp3) is 0.722. The van der Waals surface area contributed by atoms with E-state index in [2.05, 4.69) is 9.97 Å². The molecule has 0 radical (unpaired) electrons. The normalized spacial score (nSPS) is 22.0. The standard InChI is InChI=1S/C18H28N4O3/c1-21(2)18-19-9-8-15(20-18)16-12-22(10-11-24-16)17(23)13-25-14-6-4-3-5-7-14/h8-9,14,16H,3-7,10-13H2,1-2H3. The fourth-order valence-electron chi connectivity index (χ4n) is 3.32. The highest BCUT2D eigenvalue weighted by atomic mass is 16.5. The first-order valence-corrected chi connectivity index (χ1v) is 9.14. The zero-order valence-electron chi connectivity index (χ0n) is 15.2. The van der Waals surface area contributed by atoms with E-state index in [-0.39, 0.29) is 24.7 Å². The van der Waals surface area contributed by atoms with Crippen molar-refractivity contribution >= 4 is 11.9 Å². The summed E-state index contributed by atoms with van der Waals surface area (Å²) in [5.74, 6) is 0.686. The van der Waals surface area contributed by atoms with Gasteiger partial charge in [-0.15, -0.1) is 0 Å². The van der Waals surface area contributed by atoms with Crippen molar-refractivity contribution in [1.29, 1.82) is 0 Å². The number of carbonyl (C=O) groups excluding carboxylic acids is 1. The van der Waals surface area contributed by atoms with Crippen LogP contribution in [0.3, 0.4) is 0 Å². The maximum atomic E-state index is 12.5. The number of hydrogen-bond donors (Lipinski definition) is 0. The lowest BCUT2D eigenvalue weighted by Gasteiger charge is -2.33. The molecule has 25 heavy (non-hydrogen) atoms. The molecule has 1 aromatic heterocycles. The molecule has 2 fully saturated rings. The molecule has 2 aliphatic rings. The van der Waals surface area contributed by atoms with Crippen LogP contribution < -0.4 is 4.90 Å². The molecular weight excluding hydrogens is 320 g/mol. The molecule has 1 unspecified atom stereocenters. The van der Waals surface area contributed by atoms with Crippen LogP contribution in [0.25, 0.3) is 0 Å². The molecule has 2 heterocycles. The Morgan fingerprint density at radius 1 is 1.36 bits per heavy atom. The Kier molecular flexibility index (Phi) is 6.20. The van der Waals surface area contributed by atoms with Crippen LogP contribution in [0.4, 0.5) is 5.95 Å². The van der Waals surface area contributed by atoms with Crippen molar-refractivity contribution in [3.63, 3.8) is 0 Å². The first-order chi connectivity index (χ1) is 12.1. The maximum absolute atomic E-state index is 12.5. The topological polar surface area (TPSA) is 67.8 Å². The molecule has 0 N–H and O–H groups in total. The van der Waals surface area contributed by atoms with E-state index in [9.17, 15) is 4.79 Å². The summed E-state index contributed by atoms with van der Waals surface area (Å²) in [6, 6.07) is 1.85. The monoisotopic (exact) mass is 348 g/mol. The summed E-state index contributed by atoms with van der Waals surface area (Å²) in [5, 5.41) is 0. The molecule has 1 atom stereocenters.